The Morgan fingerprint density at radius 2 is 2.03 bits per heavy atom. The zero-order chi connectivity index (χ0) is 20.8. The van der Waals surface area contributed by atoms with Crippen molar-refractivity contribution in [1.82, 2.24) is 9.78 Å². The molecule has 0 bridgehead atoms. The van der Waals surface area contributed by atoms with Crippen LogP contribution in [0.15, 0.2) is 59.4 Å². The monoisotopic (exact) mass is 415 g/mol. The molecule has 29 heavy (non-hydrogen) atoms. The Labute approximate surface area is 171 Å². The second-order valence-corrected chi connectivity index (χ2v) is 6.70. The Morgan fingerprint density at radius 1 is 1.21 bits per heavy atom. The summed E-state index contributed by atoms with van der Waals surface area (Å²) >= 11 is 5.70. The summed E-state index contributed by atoms with van der Waals surface area (Å²) in [6.45, 7) is 0.286. The van der Waals surface area contributed by atoms with Crippen molar-refractivity contribution in [3.63, 3.8) is 0 Å². The van der Waals surface area contributed by atoms with Gasteiger partial charge in [0.2, 0.25) is 5.91 Å². The van der Waals surface area contributed by atoms with Gasteiger partial charge < -0.3 is 10.1 Å². The number of hydrogen-bond donors (Lipinski definition) is 1. The maximum Gasteiger partial charge on any atom is 0.266 e. The van der Waals surface area contributed by atoms with Crippen LogP contribution in [0, 0.1) is 5.82 Å². The van der Waals surface area contributed by atoms with Gasteiger partial charge in [-0.25, -0.2) is 9.07 Å². The van der Waals surface area contributed by atoms with Crippen LogP contribution in [0.2, 0.25) is 5.02 Å². The number of ether oxygens (including phenoxy) is 1. The molecule has 1 aromatic heterocycles. The molecule has 2 aromatic carbocycles. The van der Waals surface area contributed by atoms with Crippen molar-refractivity contribution >= 4 is 23.2 Å². The third kappa shape index (κ3) is 5.42. The molecule has 0 radical (unpaired) electrons. The minimum atomic E-state index is -0.550. The molecule has 0 saturated carbocycles. The van der Waals surface area contributed by atoms with Crippen LogP contribution in [0.25, 0.3) is 11.3 Å². The number of nitrogens with one attached hydrogen (secondary N) is 1. The first-order valence-electron chi connectivity index (χ1n) is 8.94. The van der Waals surface area contributed by atoms with Gasteiger partial charge in [0.15, 0.2) is 0 Å². The van der Waals surface area contributed by atoms with Gasteiger partial charge in [0.25, 0.3) is 5.56 Å². The smallest absolute Gasteiger partial charge is 0.266 e. The lowest BCUT2D eigenvalue weighted by molar-refractivity contribution is -0.116. The average molecular weight is 416 g/mol. The number of carbonyl (C=O) groups excluding carboxylic acids is 1. The van der Waals surface area contributed by atoms with Gasteiger partial charge >= 0.3 is 0 Å². The highest BCUT2D eigenvalue weighted by Crippen LogP contribution is 2.21. The van der Waals surface area contributed by atoms with Gasteiger partial charge in [0.1, 0.15) is 11.6 Å². The van der Waals surface area contributed by atoms with E-state index < -0.39 is 5.82 Å². The van der Waals surface area contributed by atoms with E-state index in [0.717, 1.165) is 5.56 Å². The summed E-state index contributed by atoms with van der Waals surface area (Å²) in [5, 5.41) is 6.96. The van der Waals surface area contributed by atoms with Crippen molar-refractivity contribution in [3.05, 3.63) is 75.8 Å². The van der Waals surface area contributed by atoms with E-state index in [9.17, 15) is 14.0 Å². The Kier molecular flexibility index (Phi) is 6.61. The summed E-state index contributed by atoms with van der Waals surface area (Å²) in [6, 6.07) is 14.4. The van der Waals surface area contributed by atoms with Crippen LogP contribution >= 0.6 is 11.6 Å². The molecule has 1 amide bonds. The molecule has 0 spiro atoms. The van der Waals surface area contributed by atoms with Crippen LogP contribution < -0.4 is 15.6 Å². The first kappa shape index (κ1) is 20.5. The van der Waals surface area contributed by atoms with E-state index >= 15 is 0 Å². The van der Waals surface area contributed by atoms with Crippen molar-refractivity contribution < 1.29 is 13.9 Å². The fourth-order valence-electron chi connectivity index (χ4n) is 2.73. The number of carbonyl (C=O) groups is 1. The zero-order valence-electron chi connectivity index (χ0n) is 15.7. The van der Waals surface area contributed by atoms with Crippen LogP contribution in [0.3, 0.4) is 0 Å². The topological polar surface area (TPSA) is 73.2 Å². The van der Waals surface area contributed by atoms with E-state index in [1.54, 1.807) is 13.2 Å². The van der Waals surface area contributed by atoms with Crippen molar-refractivity contribution in [2.45, 2.75) is 19.4 Å². The lowest BCUT2D eigenvalue weighted by atomic mass is 10.1. The Hall–Kier alpha value is -3.19. The summed E-state index contributed by atoms with van der Waals surface area (Å²) in [5.74, 6) is -0.115. The number of aromatic nitrogens is 2. The minimum Gasteiger partial charge on any atom is -0.497 e. The Bertz CT molecular complexity index is 1080. The summed E-state index contributed by atoms with van der Waals surface area (Å²) < 4.78 is 19.7. The van der Waals surface area contributed by atoms with Crippen LogP contribution in [-0.2, 0) is 11.3 Å². The Morgan fingerprint density at radius 3 is 2.79 bits per heavy atom. The molecule has 0 unspecified atom stereocenters. The maximum atomic E-state index is 13.2. The molecule has 0 atom stereocenters. The average Bonchev–Trinajstić information content (AvgIpc) is 2.72. The maximum absolute atomic E-state index is 13.2. The summed E-state index contributed by atoms with van der Waals surface area (Å²) in [5.41, 5.74) is 1.62. The minimum absolute atomic E-state index is 0.0621. The number of rotatable bonds is 7. The highest BCUT2D eigenvalue weighted by Gasteiger charge is 2.08. The number of benzene rings is 2. The van der Waals surface area contributed by atoms with Gasteiger partial charge in [-0.05, 0) is 42.8 Å². The molecule has 150 valence electrons. The third-order valence-corrected chi connectivity index (χ3v) is 4.50. The number of methoxy groups -OCH3 is 1. The van der Waals surface area contributed by atoms with Gasteiger partial charge in [-0.3, -0.25) is 9.59 Å². The Balaban J connectivity index is 1.62. The SMILES string of the molecule is COc1cccc(-c2ccc(=O)n(CCCC(=O)Nc3ccc(F)c(Cl)c3)n2)c1. The molecular weight excluding hydrogens is 397 g/mol. The van der Waals surface area contributed by atoms with Gasteiger partial charge in [-0.1, -0.05) is 23.7 Å². The highest BCUT2D eigenvalue weighted by molar-refractivity contribution is 6.31. The fraction of sp³-hybridized carbons (Fsp3) is 0.190. The molecule has 8 heteroatoms. The predicted octanol–water partition coefficient (Wildman–Crippen LogP) is 4.13. The van der Waals surface area contributed by atoms with E-state index in [1.807, 2.05) is 24.3 Å². The van der Waals surface area contributed by atoms with Gasteiger partial charge in [-0.15, -0.1) is 0 Å². The predicted molar refractivity (Wildman–Crippen MR) is 110 cm³/mol. The molecule has 1 N–H and O–H groups in total. The first-order valence-corrected chi connectivity index (χ1v) is 9.31. The molecule has 0 fully saturated rings. The van der Waals surface area contributed by atoms with Crippen molar-refractivity contribution in [2.24, 2.45) is 0 Å². The van der Waals surface area contributed by atoms with E-state index in [4.69, 9.17) is 16.3 Å². The van der Waals surface area contributed by atoms with Gasteiger partial charge in [0, 0.05) is 30.3 Å². The second-order valence-electron chi connectivity index (χ2n) is 6.29. The van der Waals surface area contributed by atoms with Crippen molar-refractivity contribution in [2.75, 3.05) is 12.4 Å². The first-order chi connectivity index (χ1) is 14.0. The second kappa shape index (κ2) is 9.34. The fourth-order valence-corrected chi connectivity index (χ4v) is 2.91. The third-order valence-electron chi connectivity index (χ3n) is 4.21. The standard InChI is InChI=1S/C21H19ClFN3O3/c1-29-16-5-2-4-14(12-16)19-9-10-21(28)26(25-19)11-3-6-20(27)24-15-7-8-18(23)17(22)13-15/h2,4-5,7-10,12-13H,3,6,11H2,1H3,(H,24,27). The van der Waals surface area contributed by atoms with E-state index in [0.29, 0.717) is 23.6 Å². The number of aryl methyl sites for hydroxylation is 1. The number of halogens is 2. The summed E-state index contributed by atoms with van der Waals surface area (Å²) in [7, 11) is 1.58. The van der Waals surface area contributed by atoms with Crippen LogP contribution in [0.1, 0.15) is 12.8 Å². The molecule has 0 aliphatic heterocycles. The molecule has 0 saturated heterocycles. The number of amides is 1. The van der Waals surface area contributed by atoms with E-state index in [2.05, 4.69) is 10.4 Å². The van der Waals surface area contributed by atoms with Crippen LogP contribution in [0.5, 0.6) is 5.75 Å². The van der Waals surface area contributed by atoms with Crippen LogP contribution in [-0.4, -0.2) is 22.8 Å². The van der Waals surface area contributed by atoms with Crippen LogP contribution in [0.4, 0.5) is 10.1 Å². The van der Waals surface area contributed by atoms with E-state index in [1.165, 1.54) is 28.9 Å². The normalized spacial score (nSPS) is 10.6. The molecule has 3 aromatic rings. The largest absolute Gasteiger partial charge is 0.497 e. The lowest BCUT2D eigenvalue weighted by Crippen LogP contribution is -2.23. The number of hydrogen-bond acceptors (Lipinski definition) is 4. The number of anilines is 1. The molecule has 1 heterocycles. The van der Waals surface area contributed by atoms with E-state index in [-0.39, 0.29) is 29.5 Å². The molecule has 6 nitrogen and oxygen atoms in total. The zero-order valence-corrected chi connectivity index (χ0v) is 16.4. The molecule has 0 aliphatic rings. The number of nitrogens with zero attached hydrogens (tertiary/aromatic N) is 2. The van der Waals surface area contributed by atoms with Gasteiger partial charge in [0.05, 0.1) is 17.8 Å². The molecule has 3 rings (SSSR count). The molecule has 0 aliphatic carbocycles. The summed E-state index contributed by atoms with van der Waals surface area (Å²) in [4.78, 5) is 24.2. The molecular formula is C21H19ClFN3O3. The highest BCUT2D eigenvalue weighted by atomic mass is 35.5. The lowest BCUT2D eigenvalue weighted by Gasteiger charge is -2.09. The van der Waals surface area contributed by atoms with Crippen molar-refractivity contribution in [3.8, 4) is 17.0 Å². The van der Waals surface area contributed by atoms with Gasteiger partial charge in [-0.2, -0.15) is 5.10 Å². The summed E-state index contributed by atoms with van der Waals surface area (Å²) in [6.07, 6.45) is 0.585. The van der Waals surface area contributed by atoms with Crippen molar-refractivity contribution in [1.29, 1.82) is 0 Å². The quantitative estimate of drug-likeness (QED) is 0.629.